The van der Waals surface area contributed by atoms with Crippen LogP contribution in [0.4, 0.5) is 5.82 Å². The number of nitrogens with one attached hydrogen (secondary N) is 1. The van der Waals surface area contributed by atoms with Crippen molar-refractivity contribution in [2.24, 2.45) is 12.8 Å². The molecule has 3 N–H and O–H groups in total. The van der Waals surface area contributed by atoms with Crippen LogP contribution < -0.4 is 11.1 Å². The van der Waals surface area contributed by atoms with Gasteiger partial charge in [0.25, 0.3) is 0 Å². The summed E-state index contributed by atoms with van der Waals surface area (Å²) in [5.41, 5.74) is 7.45. The summed E-state index contributed by atoms with van der Waals surface area (Å²) < 4.78 is 1.80. The summed E-state index contributed by atoms with van der Waals surface area (Å²) in [4.78, 5) is 0.400. The van der Waals surface area contributed by atoms with E-state index < -0.39 is 0 Å². The van der Waals surface area contributed by atoms with Crippen molar-refractivity contribution >= 4 is 23.0 Å². The number of aromatic nitrogens is 2. The van der Waals surface area contributed by atoms with E-state index in [1.54, 1.807) is 4.68 Å². The van der Waals surface area contributed by atoms with Crippen LogP contribution in [0, 0.1) is 6.92 Å². The van der Waals surface area contributed by atoms with Gasteiger partial charge in [0.1, 0.15) is 10.8 Å². The van der Waals surface area contributed by atoms with E-state index in [0.29, 0.717) is 11.0 Å². The van der Waals surface area contributed by atoms with Crippen LogP contribution in [0.3, 0.4) is 0 Å². The van der Waals surface area contributed by atoms with Crippen molar-refractivity contribution in [2.45, 2.75) is 39.7 Å². The molecule has 90 valence electrons. The smallest absolute Gasteiger partial charge is 0.134 e. The fourth-order valence-corrected chi connectivity index (χ4v) is 2.10. The largest absolute Gasteiger partial charge is 0.389 e. The molecule has 0 saturated heterocycles. The minimum absolute atomic E-state index is 0.396. The first kappa shape index (κ1) is 13.0. The third kappa shape index (κ3) is 2.72. The lowest BCUT2D eigenvalue weighted by Crippen LogP contribution is -2.20. The highest BCUT2D eigenvalue weighted by Crippen LogP contribution is 2.20. The number of aryl methyl sites for hydroxylation is 2. The molecule has 0 aliphatic heterocycles. The van der Waals surface area contributed by atoms with Crippen LogP contribution in [0.25, 0.3) is 0 Å². The molecule has 0 aromatic carbocycles. The first-order chi connectivity index (χ1) is 7.47. The topological polar surface area (TPSA) is 55.9 Å². The molecular weight excluding hydrogens is 220 g/mol. The zero-order valence-electron chi connectivity index (χ0n) is 10.4. The Morgan fingerprint density at radius 2 is 2.25 bits per heavy atom. The van der Waals surface area contributed by atoms with Crippen LogP contribution in [-0.4, -0.2) is 20.8 Å². The van der Waals surface area contributed by atoms with E-state index >= 15 is 0 Å². The molecule has 4 nitrogen and oxygen atoms in total. The molecule has 1 atom stereocenters. The van der Waals surface area contributed by atoms with Crippen molar-refractivity contribution in [2.75, 3.05) is 5.32 Å². The summed E-state index contributed by atoms with van der Waals surface area (Å²) in [6.07, 6.45) is 2.26. The lowest BCUT2D eigenvalue weighted by Gasteiger charge is -2.15. The second-order valence-corrected chi connectivity index (χ2v) is 4.57. The normalized spacial score (nSPS) is 12.5. The Bertz CT molecular complexity index is 384. The van der Waals surface area contributed by atoms with Gasteiger partial charge in [0.2, 0.25) is 0 Å². The Balaban J connectivity index is 2.98. The van der Waals surface area contributed by atoms with Crippen LogP contribution in [0.2, 0.25) is 0 Å². The molecule has 0 bridgehead atoms. The Morgan fingerprint density at radius 3 is 2.75 bits per heavy atom. The zero-order chi connectivity index (χ0) is 12.3. The van der Waals surface area contributed by atoms with Crippen LogP contribution in [0.1, 0.15) is 37.9 Å². The number of rotatable bonds is 5. The molecule has 0 saturated carbocycles. The Labute approximate surface area is 102 Å². The molecule has 1 aromatic rings. The molecule has 1 heterocycles. The zero-order valence-corrected chi connectivity index (χ0v) is 11.2. The predicted molar refractivity (Wildman–Crippen MR) is 71.8 cm³/mol. The lowest BCUT2D eigenvalue weighted by atomic mass is 10.2. The molecule has 0 aliphatic carbocycles. The van der Waals surface area contributed by atoms with Crippen LogP contribution in [0.5, 0.6) is 0 Å². The maximum atomic E-state index is 5.72. The first-order valence-electron chi connectivity index (χ1n) is 5.57. The maximum absolute atomic E-state index is 5.72. The van der Waals surface area contributed by atoms with Crippen molar-refractivity contribution in [3.8, 4) is 0 Å². The third-order valence-electron chi connectivity index (χ3n) is 2.57. The van der Waals surface area contributed by atoms with Gasteiger partial charge in [-0.1, -0.05) is 25.6 Å². The monoisotopic (exact) mass is 240 g/mol. The van der Waals surface area contributed by atoms with E-state index in [1.165, 1.54) is 0 Å². The number of nitrogens with two attached hydrogens (primary N) is 1. The quantitative estimate of drug-likeness (QED) is 0.773. The van der Waals surface area contributed by atoms with Gasteiger partial charge < -0.3 is 11.1 Å². The van der Waals surface area contributed by atoms with Gasteiger partial charge in [-0.2, -0.15) is 5.10 Å². The summed E-state index contributed by atoms with van der Waals surface area (Å²) in [7, 11) is 1.90. The molecule has 1 rings (SSSR count). The van der Waals surface area contributed by atoms with Crippen LogP contribution in [-0.2, 0) is 7.05 Å². The van der Waals surface area contributed by atoms with Crippen molar-refractivity contribution in [3.05, 3.63) is 11.3 Å². The molecule has 5 heteroatoms. The first-order valence-corrected chi connectivity index (χ1v) is 5.98. The van der Waals surface area contributed by atoms with Gasteiger partial charge in [-0.15, -0.1) is 0 Å². The van der Waals surface area contributed by atoms with Crippen molar-refractivity contribution in [1.82, 2.24) is 9.78 Å². The van der Waals surface area contributed by atoms with Crippen molar-refractivity contribution < 1.29 is 0 Å². The molecule has 16 heavy (non-hydrogen) atoms. The lowest BCUT2D eigenvalue weighted by molar-refractivity contribution is 0.670. The Morgan fingerprint density at radius 1 is 1.62 bits per heavy atom. The minimum Gasteiger partial charge on any atom is -0.389 e. The second kappa shape index (κ2) is 5.30. The molecular formula is C11H20N4S. The van der Waals surface area contributed by atoms with E-state index in [2.05, 4.69) is 24.3 Å². The maximum Gasteiger partial charge on any atom is 0.134 e. The van der Waals surface area contributed by atoms with Gasteiger partial charge in [0.05, 0.1) is 11.3 Å². The van der Waals surface area contributed by atoms with E-state index in [9.17, 15) is 0 Å². The Kier molecular flexibility index (Phi) is 4.29. The van der Waals surface area contributed by atoms with Crippen LogP contribution in [0.15, 0.2) is 0 Å². The van der Waals surface area contributed by atoms with E-state index in [4.69, 9.17) is 18.0 Å². The van der Waals surface area contributed by atoms with E-state index in [-0.39, 0.29) is 0 Å². The summed E-state index contributed by atoms with van der Waals surface area (Å²) in [5, 5.41) is 7.75. The molecule has 0 amide bonds. The molecule has 1 aromatic heterocycles. The second-order valence-electron chi connectivity index (χ2n) is 4.13. The summed E-state index contributed by atoms with van der Waals surface area (Å²) in [6, 6.07) is 0.396. The average Bonchev–Trinajstić information content (AvgIpc) is 2.41. The van der Waals surface area contributed by atoms with E-state index in [0.717, 1.165) is 29.9 Å². The van der Waals surface area contributed by atoms with E-state index in [1.807, 2.05) is 14.0 Å². The highest BCUT2D eigenvalue weighted by Gasteiger charge is 2.16. The van der Waals surface area contributed by atoms with Gasteiger partial charge in [-0.3, -0.25) is 4.68 Å². The van der Waals surface area contributed by atoms with Gasteiger partial charge in [0, 0.05) is 13.1 Å². The van der Waals surface area contributed by atoms with Gasteiger partial charge in [-0.25, -0.2) is 0 Å². The molecule has 1 unspecified atom stereocenters. The number of thiocarbonyl (C=S) groups is 1. The summed E-state index contributed by atoms with van der Waals surface area (Å²) in [6.45, 7) is 6.24. The van der Waals surface area contributed by atoms with Crippen molar-refractivity contribution in [1.29, 1.82) is 0 Å². The SMILES string of the molecule is CCCC(C)Nc1c(C(N)=S)c(C)nn1C. The number of anilines is 1. The summed E-state index contributed by atoms with van der Waals surface area (Å²) >= 11 is 5.05. The van der Waals surface area contributed by atoms with Gasteiger partial charge in [-0.05, 0) is 20.3 Å². The predicted octanol–water partition coefficient (Wildman–Crippen LogP) is 1.96. The molecule has 0 fully saturated rings. The van der Waals surface area contributed by atoms with Gasteiger partial charge >= 0.3 is 0 Å². The highest BCUT2D eigenvalue weighted by atomic mass is 32.1. The summed E-state index contributed by atoms with van der Waals surface area (Å²) in [5.74, 6) is 0.922. The molecule has 0 radical (unpaired) electrons. The fourth-order valence-electron chi connectivity index (χ4n) is 1.86. The highest BCUT2D eigenvalue weighted by molar-refractivity contribution is 7.80. The number of nitrogens with zero attached hydrogens (tertiary/aromatic N) is 2. The van der Waals surface area contributed by atoms with Crippen molar-refractivity contribution in [3.63, 3.8) is 0 Å². The number of hydrogen-bond donors (Lipinski definition) is 2. The minimum atomic E-state index is 0.396. The standard InChI is InChI=1S/C11H20N4S/c1-5-6-7(2)13-11-9(10(12)16)8(3)14-15(11)4/h7,13H,5-6H2,1-4H3,(H2,12,16). The number of hydrogen-bond acceptors (Lipinski definition) is 3. The van der Waals surface area contributed by atoms with Crippen LogP contribution >= 0.6 is 12.2 Å². The molecule has 0 spiro atoms. The van der Waals surface area contributed by atoms with Gasteiger partial charge in [0.15, 0.2) is 0 Å². The average molecular weight is 240 g/mol. The Hall–Kier alpha value is -1.10. The molecule has 0 aliphatic rings. The third-order valence-corrected chi connectivity index (χ3v) is 2.78. The fraction of sp³-hybridized carbons (Fsp3) is 0.636.